The standard InChI is InChI=1S/C23H27BN4O2S/c1-12-13(2)31-22-19(12)20(15-7-9-16(24)10-8-15)25-17(11-18(29)30-23(4,5)6)21-27-26-14(3)28(21)22/h7-10,17H,11,24H2,1-6H3/t17-/m0/s1. The van der Waals surface area contributed by atoms with Gasteiger partial charge in [0.05, 0.1) is 12.1 Å². The number of benzene rings is 1. The molecular weight excluding hydrogens is 407 g/mol. The van der Waals surface area contributed by atoms with E-state index in [4.69, 9.17) is 9.73 Å². The number of aryl methyl sites for hydroxylation is 2. The highest BCUT2D eigenvalue weighted by atomic mass is 32.1. The molecular formula is C23H27BN4O2S. The highest BCUT2D eigenvalue weighted by Gasteiger charge is 2.33. The lowest BCUT2D eigenvalue weighted by molar-refractivity contribution is -0.155. The van der Waals surface area contributed by atoms with Gasteiger partial charge in [0.2, 0.25) is 0 Å². The van der Waals surface area contributed by atoms with Gasteiger partial charge in [-0.25, -0.2) is 0 Å². The van der Waals surface area contributed by atoms with Crippen LogP contribution in [0.25, 0.3) is 5.00 Å². The number of rotatable bonds is 3. The molecule has 0 radical (unpaired) electrons. The maximum Gasteiger partial charge on any atom is 0.308 e. The number of thiophene rings is 1. The number of ether oxygens (including phenoxy) is 1. The minimum absolute atomic E-state index is 0.109. The molecule has 0 fully saturated rings. The van der Waals surface area contributed by atoms with Crippen molar-refractivity contribution < 1.29 is 9.53 Å². The Bertz CT molecular complexity index is 1190. The summed E-state index contributed by atoms with van der Waals surface area (Å²) in [7, 11) is 2.07. The molecule has 1 atom stereocenters. The minimum atomic E-state index is -0.554. The zero-order chi connectivity index (χ0) is 22.5. The molecule has 3 heterocycles. The lowest BCUT2D eigenvalue weighted by Gasteiger charge is -2.21. The molecule has 0 saturated carbocycles. The third-order valence-corrected chi connectivity index (χ3v) is 6.54. The van der Waals surface area contributed by atoms with Gasteiger partial charge in [-0.1, -0.05) is 29.7 Å². The molecule has 2 aromatic heterocycles. The third-order valence-electron chi connectivity index (χ3n) is 5.34. The fourth-order valence-corrected chi connectivity index (χ4v) is 4.99. The number of hydrogen-bond acceptors (Lipinski definition) is 6. The van der Waals surface area contributed by atoms with Crippen LogP contribution in [0.15, 0.2) is 29.3 Å². The monoisotopic (exact) mass is 434 g/mol. The maximum absolute atomic E-state index is 12.7. The van der Waals surface area contributed by atoms with Crippen LogP contribution in [0.1, 0.15) is 66.5 Å². The summed E-state index contributed by atoms with van der Waals surface area (Å²) in [4.78, 5) is 19.1. The van der Waals surface area contributed by atoms with Gasteiger partial charge in [0.15, 0.2) is 5.82 Å². The van der Waals surface area contributed by atoms with Gasteiger partial charge in [0, 0.05) is 16.0 Å². The summed E-state index contributed by atoms with van der Waals surface area (Å²) < 4.78 is 7.65. The first-order valence-corrected chi connectivity index (χ1v) is 11.3. The van der Waals surface area contributed by atoms with Crippen molar-refractivity contribution in [2.24, 2.45) is 4.99 Å². The summed E-state index contributed by atoms with van der Waals surface area (Å²) in [5, 5.41) is 9.80. The van der Waals surface area contributed by atoms with E-state index in [0.717, 1.165) is 27.7 Å². The van der Waals surface area contributed by atoms with Crippen molar-refractivity contribution in [3.63, 3.8) is 0 Å². The number of esters is 1. The Morgan fingerprint density at radius 3 is 2.48 bits per heavy atom. The van der Waals surface area contributed by atoms with Crippen LogP contribution in [0.2, 0.25) is 0 Å². The Balaban J connectivity index is 1.91. The van der Waals surface area contributed by atoms with Gasteiger partial charge in [0.25, 0.3) is 0 Å². The number of carbonyl (C=O) groups excluding carboxylic acids is 1. The van der Waals surface area contributed by atoms with Crippen molar-refractivity contribution >= 4 is 36.3 Å². The number of nitrogens with zero attached hydrogens (tertiary/aromatic N) is 4. The van der Waals surface area contributed by atoms with Crippen LogP contribution in [0.3, 0.4) is 0 Å². The first kappa shape index (κ1) is 21.5. The van der Waals surface area contributed by atoms with Gasteiger partial charge in [-0.3, -0.25) is 14.4 Å². The van der Waals surface area contributed by atoms with Gasteiger partial charge in [0.1, 0.15) is 30.3 Å². The number of hydrogen-bond donors (Lipinski definition) is 0. The molecule has 3 aromatic rings. The van der Waals surface area contributed by atoms with Crippen molar-refractivity contribution in [3.05, 3.63) is 57.5 Å². The van der Waals surface area contributed by atoms with Crippen LogP contribution in [-0.2, 0) is 9.53 Å². The number of aliphatic imine (C=N–C) groups is 1. The van der Waals surface area contributed by atoms with Crippen LogP contribution in [0.4, 0.5) is 0 Å². The predicted octanol–water partition coefficient (Wildman–Crippen LogP) is 3.14. The van der Waals surface area contributed by atoms with E-state index < -0.39 is 11.6 Å². The molecule has 0 N–H and O–H groups in total. The Morgan fingerprint density at radius 1 is 1.16 bits per heavy atom. The lowest BCUT2D eigenvalue weighted by atomic mass is 9.92. The summed E-state index contributed by atoms with van der Waals surface area (Å²) >= 11 is 1.71. The summed E-state index contributed by atoms with van der Waals surface area (Å²) in [6, 6.07) is 7.88. The number of aromatic nitrogens is 3. The number of fused-ring (bicyclic) bond motifs is 3. The Morgan fingerprint density at radius 2 is 1.84 bits per heavy atom. The van der Waals surface area contributed by atoms with Crippen LogP contribution in [-0.4, -0.2) is 39.9 Å². The molecule has 6 nitrogen and oxygen atoms in total. The molecule has 31 heavy (non-hydrogen) atoms. The van der Waals surface area contributed by atoms with E-state index in [2.05, 4.69) is 60.7 Å². The van der Waals surface area contributed by atoms with E-state index in [1.807, 2.05) is 27.7 Å². The molecule has 160 valence electrons. The fraction of sp³-hybridized carbons (Fsp3) is 0.391. The van der Waals surface area contributed by atoms with Crippen LogP contribution < -0.4 is 5.46 Å². The molecule has 0 spiro atoms. The fourth-order valence-electron chi connectivity index (χ4n) is 3.78. The van der Waals surface area contributed by atoms with Gasteiger partial charge >= 0.3 is 5.97 Å². The highest BCUT2D eigenvalue weighted by molar-refractivity contribution is 7.15. The van der Waals surface area contributed by atoms with E-state index in [1.165, 1.54) is 15.9 Å². The Labute approximate surface area is 187 Å². The second-order valence-electron chi connectivity index (χ2n) is 9.05. The van der Waals surface area contributed by atoms with Crippen molar-refractivity contribution in [1.29, 1.82) is 0 Å². The first-order chi connectivity index (χ1) is 14.5. The second kappa shape index (κ2) is 7.75. The molecule has 0 aliphatic carbocycles. The first-order valence-electron chi connectivity index (χ1n) is 10.4. The molecule has 4 rings (SSSR count). The smallest absolute Gasteiger partial charge is 0.308 e. The normalized spacial score (nSPS) is 15.7. The van der Waals surface area contributed by atoms with Crippen molar-refractivity contribution in [3.8, 4) is 5.00 Å². The van der Waals surface area contributed by atoms with E-state index in [9.17, 15) is 4.79 Å². The largest absolute Gasteiger partial charge is 0.460 e. The summed E-state index contributed by atoms with van der Waals surface area (Å²) in [6.45, 7) is 11.8. The Kier molecular flexibility index (Phi) is 5.37. The molecule has 0 amide bonds. The summed E-state index contributed by atoms with van der Waals surface area (Å²) in [5.41, 5.74) is 4.82. The average Bonchev–Trinajstić information content (AvgIpc) is 3.14. The van der Waals surface area contributed by atoms with E-state index in [1.54, 1.807) is 11.3 Å². The molecule has 0 bridgehead atoms. The molecule has 8 heteroatoms. The number of carbonyl (C=O) groups is 1. The second-order valence-corrected chi connectivity index (χ2v) is 10.3. The predicted molar refractivity (Wildman–Crippen MR) is 127 cm³/mol. The van der Waals surface area contributed by atoms with Gasteiger partial charge in [-0.05, 0) is 47.1 Å². The van der Waals surface area contributed by atoms with E-state index in [0.29, 0.717) is 5.82 Å². The van der Waals surface area contributed by atoms with Crippen molar-refractivity contribution in [1.82, 2.24) is 14.8 Å². The van der Waals surface area contributed by atoms with E-state index in [-0.39, 0.29) is 12.4 Å². The molecule has 1 aromatic carbocycles. The molecule has 0 unspecified atom stereocenters. The van der Waals surface area contributed by atoms with Crippen molar-refractivity contribution in [2.45, 2.75) is 59.6 Å². The average molecular weight is 434 g/mol. The van der Waals surface area contributed by atoms with Crippen molar-refractivity contribution in [2.75, 3.05) is 0 Å². The molecule has 1 aliphatic rings. The Hall–Kier alpha value is -2.74. The van der Waals surface area contributed by atoms with Crippen LogP contribution >= 0.6 is 11.3 Å². The maximum atomic E-state index is 12.7. The highest BCUT2D eigenvalue weighted by Crippen LogP contribution is 2.39. The quantitative estimate of drug-likeness (QED) is 0.469. The van der Waals surface area contributed by atoms with Gasteiger partial charge in [-0.2, -0.15) is 0 Å². The lowest BCUT2D eigenvalue weighted by Crippen LogP contribution is -2.25. The topological polar surface area (TPSA) is 69.4 Å². The van der Waals surface area contributed by atoms with Gasteiger partial charge < -0.3 is 4.74 Å². The summed E-state index contributed by atoms with van der Waals surface area (Å²) in [6.07, 6.45) is 0.109. The van der Waals surface area contributed by atoms with Gasteiger partial charge in [-0.15, -0.1) is 21.5 Å². The van der Waals surface area contributed by atoms with Crippen LogP contribution in [0.5, 0.6) is 0 Å². The molecule has 0 saturated heterocycles. The van der Waals surface area contributed by atoms with E-state index >= 15 is 0 Å². The van der Waals surface area contributed by atoms with Crippen LogP contribution in [0, 0.1) is 20.8 Å². The third kappa shape index (κ3) is 4.09. The molecule has 1 aliphatic heterocycles. The zero-order valence-corrected chi connectivity index (χ0v) is 19.9. The summed E-state index contributed by atoms with van der Waals surface area (Å²) in [5.74, 6) is 1.16. The minimum Gasteiger partial charge on any atom is -0.460 e. The SMILES string of the molecule is Bc1ccc(C2=N[C@@H](CC(=O)OC(C)(C)C)c3nnc(C)n3-c3sc(C)c(C)c32)cc1. The zero-order valence-electron chi connectivity index (χ0n) is 19.1.